The van der Waals surface area contributed by atoms with Crippen LogP contribution in [0.4, 0.5) is 5.69 Å². The maximum atomic E-state index is 12.9. The number of carboxylic acids is 2. The highest BCUT2D eigenvalue weighted by molar-refractivity contribution is 6.30. The molecule has 0 saturated heterocycles. The van der Waals surface area contributed by atoms with E-state index in [-0.39, 0.29) is 41.0 Å². The summed E-state index contributed by atoms with van der Waals surface area (Å²) in [6.07, 6.45) is -0.559. The number of carboxylic acid groups (broad SMARTS) is 2. The van der Waals surface area contributed by atoms with Crippen LogP contribution in [0.15, 0.2) is 42.5 Å². The lowest BCUT2D eigenvalue weighted by Gasteiger charge is -2.20. The topological polar surface area (TPSA) is 150 Å². The summed E-state index contributed by atoms with van der Waals surface area (Å²) in [5.41, 5.74) is 0.936. The van der Waals surface area contributed by atoms with Gasteiger partial charge >= 0.3 is 11.9 Å². The first kappa shape index (κ1) is 20.9. The monoisotopic (exact) mass is 410 g/mol. The average Bonchev–Trinajstić information content (AvgIpc) is 2.71. The molecule has 9 nitrogen and oxygen atoms in total. The molecule has 1 aliphatic rings. The second-order valence-corrected chi connectivity index (χ2v) is 6.68. The van der Waals surface area contributed by atoms with Crippen LogP contribution in [0.3, 0.4) is 0 Å². The molecule has 30 heavy (non-hydrogen) atoms. The molecule has 0 spiro atoms. The summed E-state index contributed by atoms with van der Waals surface area (Å²) in [6.45, 7) is -0.418. The molecular weight excluding hydrogens is 392 g/mol. The van der Waals surface area contributed by atoms with Gasteiger partial charge in [0.2, 0.25) is 5.91 Å². The molecule has 0 bridgehead atoms. The SMILES string of the molecule is O=C(O)CC[C@H](NCC(=O)Nc1cccc2c1C(=O)c1ccccc1C2=O)C(=O)O. The molecule has 154 valence electrons. The van der Waals surface area contributed by atoms with Crippen LogP contribution in [0.1, 0.15) is 44.7 Å². The van der Waals surface area contributed by atoms with Gasteiger partial charge in [0.05, 0.1) is 17.8 Å². The van der Waals surface area contributed by atoms with Crippen molar-refractivity contribution in [3.63, 3.8) is 0 Å². The Hall–Kier alpha value is -3.85. The number of hydrogen-bond donors (Lipinski definition) is 4. The Morgan fingerprint density at radius 1 is 0.867 bits per heavy atom. The van der Waals surface area contributed by atoms with E-state index in [1.165, 1.54) is 18.2 Å². The van der Waals surface area contributed by atoms with Crippen molar-refractivity contribution in [2.24, 2.45) is 0 Å². The number of rotatable bonds is 8. The molecule has 0 radical (unpaired) electrons. The third kappa shape index (κ3) is 4.26. The zero-order valence-corrected chi connectivity index (χ0v) is 15.7. The van der Waals surface area contributed by atoms with Crippen molar-refractivity contribution in [3.05, 3.63) is 64.7 Å². The number of amides is 1. The number of carbonyl (C=O) groups excluding carboxylic acids is 3. The van der Waals surface area contributed by atoms with Gasteiger partial charge in [-0.05, 0) is 12.5 Å². The van der Waals surface area contributed by atoms with Gasteiger partial charge in [0.1, 0.15) is 6.04 Å². The molecular formula is C21H18N2O7. The summed E-state index contributed by atoms with van der Waals surface area (Å²) < 4.78 is 0. The number of anilines is 1. The van der Waals surface area contributed by atoms with Crippen molar-refractivity contribution in [1.29, 1.82) is 0 Å². The summed E-state index contributed by atoms with van der Waals surface area (Å²) >= 11 is 0. The molecule has 0 aromatic heterocycles. The van der Waals surface area contributed by atoms with Crippen LogP contribution in [-0.2, 0) is 14.4 Å². The van der Waals surface area contributed by atoms with Crippen molar-refractivity contribution in [2.45, 2.75) is 18.9 Å². The fourth-order valence-electron chi connectivity index (χ4n) is 3.24. The highest BCUT2D eigenvalue weighted by Crippen LogP contribution is 2.31. The number of hydrogen-bond acceptors (Lipinski definition) is 6. The van der Waals surface area contributed by atoms with Gasteiger partial charge in [0, 0.05) is 23.1 Å². The lowest BCUT2D eigenvalue weighted by Crippen LogP contribution is -2.41. The summed E-state index contributed by atoms with van der Waals surface area (Å²) in [4.78, 5) is 59.8. The molecule has 2 aromatic rings. The Morgan fingerprint density at radius 2 is 1.50 bits per heavy atom. The summed E-state index contributed by atoms with van der Waals surface area (Å²) in [6, 6.07) is 9.72. The van der Waals surface area contributed by atoms with Crippen molar-refractivity contribution in [1.82, 2.24) is 5.32 Å². The van der Waals surface area contributed by atoms with Gasteiger partial charge in [-0.25, -0.2) is 0 Å². The number of nitrogens with one attached hydrogen (secondary N) is 2. The Bertz CT molecular complexity index is 1060. The molecule has 0 aliphatic heterocycles. The fraction of sp³-hybridized carbons (Fsp3) is 0.190. The molecule has 3 rings (SSSR count). The van der Waals surface area contributed by atoms with E-state index in [2.05, 4.69) is 10.6 Å². The smallest absolute Gasteiger partial charge is 0.320 e. The first-order chi connectivity index (χ1) is 14.3. The van der Waals surface area contributed by atoms with Gasteiger partial charge in [-0.3, -0.25) is 29.3 Å². The minimum Gasteiger partial charge on any atom is -0.481 e. The maximum absolute atomic E-state index is 12.9. The Morgan fingerprint density at radius 3 is 2.13 bits per heavy atom. The van der Waals surface area contributed by atoms with E-state index >= 15 is 0 Å². The van der Waals surface area contributed by atoms with Crippen LogP contribution >= 0.6 is 0 Å². The molecule has 0 unspecified atom stereocenters. The van der Waals surface area contributed by atoms with Gasteiger partial charge in [-0.15, -0.1) is 0 Å². The van der Waals surface area contributed by atoms with Crippen LogP contribution in [0, 0.1) is 0 Å². The number of benzene rings is 2. The van der Waals surface area contributed by atoms with E-state index in [1.807, 2.05) is 0 Å². The normalized spacial score (nSPS) is 13.2. The van der Waals surface area contributed by atoms with Gasteiger partial charge < -0.3 is 15.5 Å². The lowest BCUT2D eigenvalue weighted by atomic mass is 9.83. The average molecular weight is 410 g/mol. The highest BCUT2D eigenvalue weighted by Gasteiger charge is 2.31. The Balaban J connectivity index is 1.76. The van der Waals surface area contributed by atoms with E-state index in [0.717, 1.165) is 0 Å². The summed E-state index contributed by atoms with van der Waals surface area (Å²) in [7, 11) is 0. The fourth-order valence-corrected chi connectivity index (χ4v) is 3.24. The third-order valence-corrected chi connectivity index (χ3v) is 4.68. The first-order valence-electron chi connectivity index (χ1n) is 9.09. The van der Waals surface area contributed by atoms with Gasteiger partial charge in [-0.2, -0.15) is 0 Å². The number of ketones is 2. The molecule has 0 saturated carbocycles. The second kappa shape index (κ2) is 8.66. The first-order valence-corrected chi connectivity index (χ1v) is 9.09. The molecule has 0 heterocycles. The largest absolute Gasteiger partial charge is 0.481 e. The predicted molar refractivity (Wildman–Crippen MR) is 105 cm³/mol. The van der Waals surface area contributed by atoms with Crippen molar-refractivity contribution in [2.75, 3.05) is 11.9 Å². The van der Waals surface area contributed by atoms with Crippen LogP contribution < -0.4 is 10.6 Å². The zero-order chi connectivity index (χ0) is 21.8. The Labute approximate surface area is 170 Å². The van der Waals surface area contributed by atoms with Gasteiger partial charge in [-0.1, -0.05) is 36.4 Å². The third-order valence-electron chi connectivity index (χ3n) is 4.68. The maximum Gasteiger partial charge on any atom is 0.320 e. The zero-order valence-electron chi connectivity index (χ0n) is 15.7. The quantitative estimate of drug-likeness (QED) is 0.434. The molecule has 1 atom stereocenters. The minimum absolute atomic E-state index is 0.0789. The van der Waals surface area contributed by atoms with Crippen molar-refractivity contribution < 1.29 is 34.2 Å². The van der Waals surface area contributed by atoms with E-state index in [9.17, 15) is 24.0 Å². The van der Waals surface area contributed by atoms with E-state index in [1.54, 1.807) is 24.3 Å². The molecule has 1 aliphatic carbocycles. The second-order valence-electron chi connectivity index (χ2n) is 6.68. The van der Waals surface area contributed by atoms with Crippen molar-refractivity contribution >= 4 is 35.1 Å². The molecule has 4 N–H and O–H groups in total. The number of fused-ring (bicyclic) bond motifs is 2. The molecule has 1 amide bonds. The molecule has 9 heteroatoms. The Kier molecular flexibility index (Phi) is 6.03. The lowest BCUT2D eigenvalue weighted by molar-refractivity contribution is -0.140. The number of aliphatic carboxylic acids is 2. The van der Waals surface area contributed by atoms with Gasteiger partial charge in [0.15, 0.2) is 11.6 Å². The van der Waals surface area contributed by atoms with Gasteiger partial charge in [0.25, 0.3) is 0 Å². The summed E-state index contributed by atoms with van der Waals surface area (Å²) in [5, 5.41) is 22.8. The standard InChI is InChI=1S/C21H18N2O7/c24-16(10-22-15(21(29)30)8-9-17(25)26)23-14-7-3-6-13-18(14)20(28)12-5-2-1-4-11(12)19(13)27/h1-7,15,22H,8-10H2,(H,23,24)(H,25,26)(H,29,30)/t15-/m0/s1. The van der Waals surface area contributed by atoms with Crippen LogP contribution in [0.25, 0.3) is 0 Å². The van der Waals surface area contributed by atoms with E-state index < -0.39 is 36.2 Å². The van der Waals surface area contributed by atoms with Crippen LogP contribution in [-0.4, -0.2) is 52.2 Å². The van der Waals surface area contributed by atoms with Crippen molar-refractivity contribution in [3.8, 4) is 0 Å². The molecule has 2 aromatic carbocycles. The molecule has 0 fully saturated rings. The highest BCUT2D eigenvalue weighted by atomic mass is 16.4. The van der Waals surface area contributed by atoms with E-state index in [4.69, 9.17) is 10.2 Å². The predicted octanol–water partition coefficient (Wildman–Crippen LogP) is 1.31. The summed E-state index contributed by atoms with van der Waals surface area (Å²) in [5.74, 6) is -3.78. The minimum atomic E-state index is -1.28. The van der Waals surface area contributed by atoms with Crippen LogP contribution in [0.5, 0.6) is 0 Å². The van der Waals surface area contributed by atoms with Crippen LogP contribution in [0.2, 0.25) is 0 Å². The van der Waals surface area contributed by atoms with E-state index in [0.29, 0.717) is 5.56 Å². The number of carbonyl (C=O) groups is 5.